The second-order valence-corrected chi connectivity index (χ2v) is 6.10. The van der Waals surface area contributed by atoms with Crippen molar-refractivity contribution in [1.29, 1.82) is 0 Å². The van der Waals surface area contributed by atoms with E-state index in [9.17, 15) is 18.3 Å². The molecule has 0 fully saturated rings. The average Bonchev–Trinajstić information content (AvgIpc) is 2.38. The van der Waals surface area contributed by atoms with E-state index in [-0.39, 0.29) is 11.4 Å². The van der Waals surface area contributed by atoms with Crippen molar-refractivity contribution in [2.75, 3.05) is 19.7 Å². The Kier molecular flexibility index (Phi) is 5.52. The van der Waals surface area contributed by atoms with Crippen molar-refractivity contribution in [3.63, 3.8) is 0 Å². The maximum Gasteiger partial charge on any atom is 0.243 e. The molecular weight excluding hydrogens is 282 g/mol. The highest BCUT2D eigenvalue weighted by molar-refractivity contribution is 7.89. The van der Waals surface area contributed by atoms with Crippen molar-refractivity contribution < 1.29 is 23.1 Å². The Balaban J connectivity index is 3.14. The second-order valence-electron chi connectivity index (χ2n) is 4.16. The van der Waals surface area contributed by atoms with Gasteiger partial charge in [-0.1, -0.05) is 6.92 Å². The molecule has 112 valence electrons. The third kappa shape index (κ3) is 3.71. The second kappa shape index (κ2) is 6.71. The molecule has 1 aromatic rings. The van der Waals surface area contributed by atoms with Crippen LogP contribution in [0.5, 0.6) is 5.75 Å². The minimum absolute atomic E-state index is 0.0431. The molecule has 0 saturated heterocycles. The Labute approximate surface area is 119 Å². The number of rotatable bonds is 7. The van der Waals surface area contributed by atoms with Gasteiger partial charge < -0.3 is 14.6 Å². The minimum atomic E-state index is -3.84. The third-order valence-electron chi connectivity index (χ3n) is 2.74. The van der Waals surface area contributed by atoms with Gasteiger partial charge in [0.05, 0.1) is 24.0 Å². The van der Waals surface area contributed by atoms with Crippen molar-refractivity contribution >= 4 is 16.0 Å². The summed E-state index contributed by atoms with van der Waals surface area (Å²) in [4.78, 5) is 10.7. The van der Waals surface area contributed by atoms with Gasteiger partial charge in [-0.2, -0.15) is 4.31 Å². The number of nitrogens with zero attached hydrogens (tertiary/aromatic N) is 1. The highest BCUT2D eigenvalue weighted by atomic mass is 32.2. The van der Waals surface area contributed by atoms with Crippen molar-refractivity contribution in [2.45, 2.75) is 25.7 Å². The number of carbonyl (C=O) groups is 1. The summed E-state index contributed by atoms with van der Waals surface area (Å²) < 4.78 is 30.8. The van der Waals surface area contributed by atoms with Gasteiger partial charge in [0.15, 0.2) is 0 Å². The number of carboxylic acid groups (broad SMARTS) is 1. The van der Waals surface area contributed by atoms with Crippen LogP contribution in [-0.4, -0.2) is 38.4 Å². The summed E-state index contributed by atoms with van der Waals surface area (Å²) in [5, 5.41) is 10.6. The first-order valence-electron chi connectivity index (χ1n) is 6.26. The topological polar surface area (TPSA) is 86.7 Å². The summed E-state index contributed by atoms with van der Waals surface area (Å²) in [6.45, 7) is 5.02. The predicted octanol–water partition coefficient (Wildman–Crippen LogP) is 0.154. The molecule has 20 heavy (non-hydrogen) atoms. The zero-order valence-electron chi connectivity index (χ0n) is 11.8. The van der Waals surface area contributed by atoms with E-state index in [1.165, 1.54) is 12.1 Å². The Hall–Kier alpha value is -1.60. The van der Waals surface area contributed by atoms with Gasteiger partial charge in [-0.3, -0.25) is 0 Å². The summed E-state index contributed by atoms with van der Waals surface area (Å²) in [5.74, 6) is -0.826. The van der Waals surface area contributed by atoms with Gasteiger partial charge in [-0.05, 0) is 37.6 Å². The number of aryl methyl sites for hydroxylation is 1. The van der Waals surface area contributed by atoms with Crippen LogP contribution in [0.4, 0.5) is 0 Å². The Morgan fingerprint density at radius 2 is 2.00 bits per heavy atom. The third-order valence-corrected chi connectivity index (χ3v) is 4.66. The number of hydrogen-bond acceptors (Lipinski definition) is 5. The van der Waals surface area contributed by atoms with Crippen LogP contribution in [0.15, 0.2) is 23.1 Å². The first-order valence-corrected chi connectivity index (χ1v) is 7.70. The lowest BCUT2D eigenvalue weighted by atomic mass is 10.2. The molecule has 0 aliphatic heterocycles. The summed E-state index contributed by atoms with van der Waals surface area (Å²) in [6.07, 6.45) is 0. The monoisotopic (exact) mass is 300 g/mol. The predicted molar refractivity (Wildman–Crippen MR) is 71.8 cm³/mol. The lowest BCUT2D eigenvalue weighted by Crippen LogP contribution is -2.41. The molecule has 0 aliphatic carbocycles. The SMILES string of the molecule is CCOc1ccc(S(=O)(=O)N(CC)CC(=O)[O-])cc1C. The highest BCUT2D eigenvalue weighted by Crippen LogP contribution is 2.23. The molecule has 0 spiro atoms. The number of sulfonamides is 1. The molecule has 0 aromatic heterocycles. The molecule has 0 bridgehead atoms. The molecule has 0 unspecified atom stereocenters. The number of aliphatic carboxylic acids is 1. The van der Waals surface area contributed by atoms with E-state index in [2.05, 4.69) is 0 Å². The van der Waals surface area contributed by atoms with Crippen LogP contribution in [0.25, 0.3) is 0 Å². The van der Waals surface area contributed by atoms with Crippen LogP contribution in [-0.2, 0) is 14.8 Å². The van der Waals surface area contributed by atoms with Gasteiger partial charge in [0, 0.05) is 6.54 Å². The lowest BCUT2D eigenvalue weighted by Gasteiger charge is -2.21. The van der Waals surface area contributed by atoms with Gasteiger partial charge in [0.1, 0.15) is 5.75 Å². The molecule has 0 amide bonds. The Bertz CT molecular complexity index is 582. The quantitative estimate of drug-likeness (QED) is 0.715. The van der Waals surface area contributed by atoms with Crippen molar-refractivity contribution in [3.05, 3.63) is 23.8 Å². The van der Waals surface area contributed by atoms with E-state index >= 15 is 0 Å². The molecule has 0 aliphatic rings. The molecule has 0 radical (unpaired) electrons. The number of likely N-dealkylation sites (N-methyl/N-ethyl adjacent to an activating group) is 1. The molecule has 0 N–H and O–H groups in total. The van der Waals surface area contributed by atoms with Gasteiger partial charge in [-0.15, -0.1) is 0 Å². The van der Waals surface area contributed by atoms with Crippen LogP contribution in [0.2, 0.25) is 0 Å². The highest BCUT2D eigenvalue weighted by Gasteiger charge is 2.23. The number of hydrogen-bond donors (Lipinski definition) is 0. The Morgan fingerprint density at radius 1 is 1.35 bits per heavy atom. The van der Waals surface area contributed by atoms with Crippen molar-refractivity contribution in [2.24, 2.45) is 0 Å². The van der Waals surface area contributed by atoms with E-state index in [0.717, 1.165) is 4.31 Å². The van der Waals surface area contributed by atoms with Gasteiger partial charge >= 0.3 is 0 Å². The zero-order valence-corrected chi connectivity index (χ0v) is 12.6. The van der Waals surface area contributed by atoms with E-state index in [1.807, 2.05) is 6.92 Å². The fourth-order valence-corrected chi connectivity index (χ4v) is 3.24. The molecule has 0 heterocycles. The van der Waals surface area contributed by atoms with Crippen LogP contribution >= 0.6 is 0 Å². The van der Waals surface area contributed by atoms with Crippen LogP contribution in [0.3, 0.4) is 0 Å². The average molecular weight is 300 g/mol. The molecule has 0 atom stereocenters. The van der Waals surface area contributed by atoms with E-state index in [4.69, 9.17) is 4.74 Å². The normalized spacial score (nSPS) is 11.6. The summed E-state index contributed by atoms with van der Waals surface area (Å²) in [6, 6.07) is 4.45. The fourth-order valence-electron chi connectivity index (χ4n) is 1.76. The smallest absolute Gasteiger partial charge is 0.243 e. The first kappa shape index (κ1) is 16.5. The van der Waals surface area contributed by atoms with Gasteiger partial charge in [-0.25, -0.2) is 8.42 Å². The number of ether oxygens (including phenoxy) is 1. The van der Waals surface area contributed by atoms with Gasteiger partial charge in [0.25, 0.3) is 0 Å². The van der Waals surface area contributed by atoms with Crippen LogP contribution in [0, 0.1) is 6.92 Å². The zero-order chi connectivity index (χ0) is 15.3. The van der Waals surface area contributed by atoms with E-state index in [1.54, 1.807) is 19.9 Å². The summed E-state index contributed by atoms with van der Waals surface area (Å²) in [5.41, 5.74) is 0.678. The maximum absolute atomic E-state index is 12.3. The first-order chi connectivity index (χ1) is 9.32. The molecule has 0 saturated carbocycles. The molecule has 1 aromatic carbocycles. The fraction of sp³-hybridized carbons (Fsp3) is 0.462. The van der Waals surface area contributed by atoms with Crippen molar-refractivity contribution in [3.8, 4) is 5.75 Å². The van der Waals surface area contributed by atoms with Crippen LogP contribution in [0.1, 0.15) is 19.4 Å². The molecule has 1 rings (SSSR count). The molecule has 6 nitrogen and oxygen atoms in total. The molecular formula is C13H18NO5S-. The minimum Gasteiger partial charge on any atom is -0.549 e. The van der Waals surface area contributed by atoms with E-state index in [0.29, 0.717) is 17.9 Å². The standard InChI is InChI=1S/C13H19NO5S/c1-4-14(9-13(15)16)20(17,18)11-6-7-12(19-5-2)10(3)8-11/h6-8H,4-5,9H2,1-3H3,(H,15,16)/p-1. The Morgan fingerprint density at radius 3 is 2.45 bits per heavy atom. The number of carboxylic acids is 1. The van der Waals surface area contributed by atoms with Crippen molar-refractivity contribution in [1.82, 2.24) is 4.31 Å². The summed E-state index contributed by atoms with van der Waals surface area (Å²) in [7, 11) is -3.84. The summed E-state index contributed by atoms with van der Waals surface area (Å²) >= 11 is 0. The van der Waals surface area contributed by atoms with Gasteiger partial charge in [0.2, 0.25) is 10.0 Å². The maximum atomic E-state index is 12.3. The molecule has 7 heteroatoms. The van der Waals surface area contributed by atoms with Crippen LogP contribution < -0.4 is 9.84 Å². The largest absolute Gasteiger partial charge is 0.549 e. The number of carbonyl (C=O) groups excluding carboxylic acids is 1. The lowest BCUT2D eigenvalue weighted by molar-refractivity contribution is -0.305. The van der Waals surface area contributed by atoms with E-state index < -0.39 is 22.5 Å². The number of benzene rings is 1.